The highest BCUT2D eigenvalue weighted by Crippen LogP contribution is 2.22. The van der Waals surface area contributed by atoms with E-state index in [0.29, 0.717) is 0 Å². The van der Waals surface area contributed by atoms with Gasteiger partial charge in [0.15, 0.2) is 0 Å². The second kappa shape index (κ2) is 20.0. The number of rotatable bonds is 19. The summed E-state index contributed by atoms with van der Waals surface area (Å²) in [6, 6.07) is 0. The molecule has 1 radical (unpaired) electrons. The number of hydrogen-bond donors (Lipinski definition) is 0. The summed E-state index contributed by atoms with van der Waals surface area (Å²) >= 11 is 0. The third-order valence-corrected chi connectivity index (χ3v) is 5.28. The minimum absolute atomic E-state index is 0.995. The van der Waals surface area contributed by atoms with Crippen molar-refractivity contribution in [3.63, 3.8) is 0 Å². The van der Waals surface area contributed by atoms with Gasteiger partial charge in [0.25, 0.3) is 0 Å². The second-order valence-electron chi connectivity index (χ2n) is 7.68. The fourth-order valence-electron chi connectivity index (χ4n) is 3.73. The Morgan fingerprint density at radius 3 is 1.35 bits per heavy atom. The van der Waals surface area contributed by atoms with Gasteiger partial charge in [0.05, 0.1) is 0 Å². The topological polar surface area (TPSA) is 0 Å². The van der Waals surface area contributed by atoms with Crippen LogP contribution >= 0.6 is 0 Å². The smallest absolute Gasteiger partial charge is 0.0414 e. The zero-order chi connectivity index (χ0) is 17.0. The zero-order valence-electron chi connectivity index (χ0n) is 16.7. The van der Waals surface area contributed by atoms with Crippen LogP contribution in [0.25, 0.3) is 0 Å². The maximum Gasteiger partial charge on any atom is -0.0414 e. The van der Waals surface area contributed by atoms with Crippen molar-refractivity contribution < 1.29 is 0 Å². The molecule has 0 bridgehead atoms. The van der Waals surface area contributed by atoms with Crippen LogP contribution in [0.3, 0.4) is 0 Å². The lowest BCUT2D eigenvalue weighted by Crippen LogP contribution is -2.00. The maximum absolute atomic E-state index is 3.99. The average Bonchev–Trinajstić information content (AvgIpc) is 2.56. The summed E-state index contributed by atoms with van der Waals surface area (Å²) in [6.45, 7) is 8.62. The van der Waals surface area contributed by atoms with Gasteiger partial charge in [-0.1, -0.05) is 143 Å². The first-order valence-corrected chi connectivity index (χ1v) is 11.1. The molecule has 0 N–H and O–H groups in total. The van der Waals surface area contributed by atoms with Gasteiger partial charge in [-0.15, -0.1) is 0 Å². The molecule has 0 fully saturated rings. The van der Waals surface area contributed by atoms with Gasteiger partial charge in [0, 0.05) is 0 Å². The average molecular weight is 324 g/mol. The Hall–Kier alpha value is 0. The van der Waals surface area contributed by atoms with Crippen molar-refractivity contribution in [3.8, 4) is 0 Å². The molecular weight excluding hydrogens is 276 g/mol. The molecule has 0 heteroatoms. The van der Waals surface area contributed by atoms with Crippen LogP contribution in [0.2, 0.25) is 0 Å². The SMILES string of the molecule is [CH2]CCCC(CCC)CCCCCCCCCCCCCCC. The normalized spacial score (nSPS) is 12.7. The van der Waals surface area contributed by atoms with E-state index in [1.165, 1.54) is 116 Å². The number of unbranched alkanes of at least 4 members (excludes halogenated alkanes) is 13. The molecule has 0 aliphatic carbocycles. The third-order valence-electron chi connectivity index (χ3n) is 5.28. The fraction of sp³-hybridized carbons (Fsp3) is 0.957. The predicted octanol–water partition coefficient (Wildman–Crippen LogP) is 8.89. The Labute approximate surface area is 149 Å². The molecule has 0 saturated heterocycles. The first kappa shape index (κ1) is 23.0. The maximum atomic E-state index is 3.99. The summed E-state index contributed by atoms with van der Waals surface area (Å²) in [6.07, 6.45) is 27.2. The molecule has 0 nitrogen and oxygen atoms in total. The molecule has 0 spiro atoms. The standard InChI is InChI=1S/C23H47/c1-4-7-9-10-11-12-13-14-15-16-17-18-19-22-23(20-6-3)21-8-5-2/h23H,2,4-22H2,1,3H3. The first-order chi connectivity index (χ1) is 11.3. The fourth-order valence-corrected chi connectivity index (χ4v) is 3.73. The van der Waals surface area contributed by atoms with Crippen LogP contribution in [-0.2, 0) is 0 Å². The van der Waals surface area contributed by atoms with E-state index in [-0.39, 0.29) is 0 Å². The summed E-state index contributed by atoms with van der Waals surface area (Å²) in [7, 11) is 0. The van der Waals surface area contributed by atoms with Crippen molar-refractivity contribution in [3.05, 3.63) is 6.92 Å². The van der Waals surface area contributed by atoms with E-state index in [4.69, 9.17) is 0 Å². The molecule has 0 rings (SSSR count). The van der Waals surface area contributed by atoms with Crippen LogP contribution in [0.1, 0.15) is 136 Å². The van der Waals surface area contributed by atoms with Gasteiger partial charge in [-0.25, -0.2) is 0 Å². The molecule has 0 aliphatic rings. The predicted molar refractivity (Wildman–Crippen MR) is 108 cm³/mol. The summed E-state index contributed by atoms with van der Waals surface area (Å²) < 4.78 is 0. The summed E-state index contributed by atoms with van der Waals surface area (Å²) in [5.74, 6) is 0.995. The van der Waals surface area contributed by atoms with Crippen LogP contribution in [0.15, 0.2) is 0 Å². The lowest BCUT2D eigenvalue weighted by atomic mass is 9.91. The van der Waals surface area contributed by atoms with E-state index in [2.05, 4.69) is 20.8 Å². The van der Waals surface area contributed by atoms with Gasteiger partial charge in [0.1, 0.15) is 0 Å². The summed E-state index contributed by atoms with van der Waals surface area (Å²) in [5.41, 5.74) is 0. The van der Waals surface area contributed by atoms with E-state index in [0.717, 1.165) is 12.3 Å². The second-order valence-corrected chi connectivity index (χ2v) is 7.68. The highest BCUT2D eigenvalue weighted by Gasteiger charge is 2.06. The minimum atomic E-state index is 0.995. The molecule has 1 unspecified atom stereocenters. The Kier molecular flexibility index (Phi) is 20.0. The molecule has 0 saturated carbocycles. The monoisotopic (exact) mass is 323 g/mol. The Bertz CT molecular complexity index is 196. The van der Waals surface area contributed by atoms with Gasteiger partial charge in [0.2, 0.25) is 0 Å². The molecule has 1 atom stereocenters. The Balaban J connectivity index is 3.22. The molecule has 0 aromatic carbocycles. The first-order valence-electron chi connectivity index (χ1n) is 11.1. The van der Waals surface area contributed by atoms with Crippen LogP contribution in [0, 0.1) is 12.8 Å². The highest BCUT2D eigenvalue weighted by atomic mass is 14.1. The van der Waals surface area contributed by atoms with Gasteiger partial charge in [-0.2, -0.15) is 0 Å². The van der Waals surface area contributed by atoms with E-state index in [9.17, 15) is 0 Å². The largest absolute Gasteiger partial charge is 0.0654 e. The van der Waals surface area contributed by atoms with E-state index < -0.39 is 0 Å². The van der Waals surface area contributed by atoms with E-state index in [1.54, 1.807) is 0 Å². The molecule has 23 heavy (non-hydrogen) atoms. The van der Waals surface area contributed by atoms with Crippen molar-refractivity contribution in [2.45, 2.75) is 136 Å². The molecule has 0 aliphatic heterocycles. The lowest BCUT2D eigenvalue weighted by molar-refractivity contribution is 0.385. The van der Waals surface area contributed by atoms with Crippen molar-refractivity contribution in [1.82, 2.24) is 0 Å². The summed E-state index contributed by atoms with van der Waals surface area (Å²) in [5, 5.41) is 0. The van der Waals surface area contributed by atoms with Crippen molar-refractivity contribution in [2.24, 2.45) is 5.92 Å². The Morgan fingerprint density at radius 1 is 0.478 bits per heavy atom. The minimum Gasteiger partial charge on any atom is -0.0654 e. The van der Waals surface area contributed by atoms with Gasteiger partial charge in [-0.3, -0.25) is 0 Å². The van der Waals surface area contributed by atoms with Crippen LogP contribution in [0.5, 0.6) is 0 Å². The molecular formula is C23H47. The van der Waals surface area contributed by atoms with Crippen LogP contribution < -0.4 is 0 Å². The quantitative estimate of drug-likeness (QED) is 0.208. The Morgan fingerprint density at radius 2 is 0.913 bits per heavy atom. The van der Waals surface area contributed by atoms with E-state index >= 15 is 0 Å². The molecule has 0 heterocycles. The number of hydrogen-bond acceptors (Lipinski definition) is 0. The van der Waals surface area contributed by atoms with Crippen molar-refractivity contribution >= 4 is 0 Å². The van der Waals surface area contributed by atoms with E-state index in [1.807, 2.05) is 0 Å². The molecule has 0 amide bonds. The zero-order valence-corrected chi connectivity index (χ0v) is 16.7. The summed E-state index contributed by atoms with van der Waals surface area (Å²) in [4.78, 5) is 0. The van der Waals surface area contributed by atoms with Crippen LogP contribution in [0.4, 0.5) is 0 Å². The highest BCUT2D eigenvalue weighted by molar-refractivity contribution is 4.60. The van der Waals surface area contributed by atoms with Crippen molar-refractivity contribution in [1.29, 1.82) is 0 Å². The van der Waals surface area contributed by atoms with Crippen molar-refractivity contribution in [2.75, 3.05) is 0 Å². The van der Waals surface area contributed by atoms with Gasteiger partial charge >= 0.3 is 0 Å². The van der Waals surface area contributed by atoms with Gasteiger partial charge < -0.3 is 0 Å². The lowest BCUT2D eigenvalue weighted by Gasteiger charge is -2.15. The molecule has 139 valence electrons. The van der Waals surface area contributed by atoms with Gasteiger partial charge in [-0.05, 0) is 5.92 Å². The van der Waals surface area contributed by atoms with Crippen LogP contribution in [-0.4, -0.2) is 0 Å². The third kappa shape index (κ3) is 18.2. The molecule has 0 aromatic heterocycles. The molecule has 0 aromatic rings.